The quantitative estimate of drug-likeness (QED) is 0.456. The van der Waals surface area contributed by atoms with Gasteiger partial charge in [0.05, 0.1) is 6.61 Å². The summed E-state index contributed by atoms with van der Waals surface area (Å²) in [7, 11) is -4.57. The van der Waals surface area contributed by atoms with Gasteiger partial charge >= 0.3 is 7.60 Å². The molecule has 0 atom stereocenters. The van der Waals surface area contributed by atoms with E-state index < -0.39 is 26.1 Å². The third kappa shape index (κ3) is 3.37. The zero-order chi connectivity index (χ0) is 7.49. The number of aliphatic hydroxyl groups excluding tert-OH is 1. The van der Waals surface area contributed by atoms with E-state index in [0.717, 1.165) is 0 Å². The first-order valence-corrected chi connectivity index (χ1v) is 3.79. The van der Waals surface area contributed by atoms with Gasteiger partial charge in [-0.3, -0.25) is 9.36 Å². The summed E-state index contributed by atoms with van der Waals surface area (Å²) in [4.78, 5) is 26.3. The molecule has 0 aliphatic heterocycles. The van der Waals surface area contributed by atoms with E-state index in [4.69, 9.17) is 14.9 Å². The summed E-state index contributed by atoms with van der Waals surface area (Å²) >= 11 is 0. The summed E-state index contributed by atoms with van der Waals surface area (Å²) in [5, 5.41) is 8.04. The van der Waals surface area contributed by atoms with Gasteiger partial charge in [0, 0.05) is 6.42 Å². The lowest BCUT2D eigenvalue weighted by Gasteiger charge is -1.97. The van der Waals surface area contributed by atoms with Crippen LogP contribution in [0, 0.1) is 0 Å². The van der Waals surface area contributed by atoms with Gasteiger partial charge in [0.2, 0.25) is 5.52 Å². The van der Waals surface area contributed by atoms with E-state index in [1.807, 2.05) is 0 Å². The van der Waals surface area contributed by atoms with Crippen molar-refractivity contribution < 1.29 is 24.3 Å². The van der Waals surface area contributed by atoms with E-state index in [2.05, 4.69) is 0 Å². The van der Waals surface area contributed by atoms with E-state index in [0.29, 0.717) is 0 Å². The van der Waals surface area contributed by atoms with Crippen LogP contribution in [0.15, 0.2) is 0 Å². The van der Waals surface area contributed by atoms with Crippen LogP contribution in [-0.4, -0.2) is 27.0 Å². The number of carbonyl (C=O) groups is 1. The van der Waals surface area contributed by atoms with E-state index in [1.54, 1.807) is 0 Å². The topological polar surface area (TPSA) is 94.8 Å². The van der Waals surface area contributed by atoms with E-state index in [9.17, 15) is 9.36 Å². The average molecular weight is 154 g/mol. The molecular formula is C3H7O5P. The monoisotopic (exact) mass is 154 g/mol. The summed E-state index contributed by atoms with van der Waals surface area (Å²) < 4.78 is 9.95. The van der Waals surface area contributed by atoms with Gasteiger partial charge in [-0.1, -0.05) is 0 Å². The minimum Gasteiger partial charge on any atom is -0.396 e. The maximum atomic E-state index is 10.1. The Labute approximate surface area is 51.5 Å². The van der Waals surface area contributed by atoms with Gasteiger partial charge in [0.15, 0.2) is 0 Å². The molecular weight excluding hydrogens is 147 g/mol. The van der Waals surface area contributed by atoms with Crippen molar-refractivity contribution in [2.75, 3.05) is 6.61 Å². The van der Waals surface area contributed by atoms with Crippen molar-refractivity contribution in [3.05, 3.63) is 0 Å². The van der Waals surface area contributed by atoms with Crippen molar-refractivity contribution in [2.45, 2.75) is 6.42 Å². The minimum absolute atomic E-state index is 0.482. The van der Waals surface area contributed by atoms with Gasteiger partial charge in [-0.25, -0.2) is 0 Å². The molecule has 6 heteroatoms. The van der Waals surface area contributed by atoms with Crippen LogP contribution in [0.1, 0.15) is 6.42 Å². The summed E-state index contributed by atoms with van der Waals surface area (Å²) in [6.07, 6.45) is -0.482. The number of hydrogen-bond donors (Lipinski definition) is 3. The van der Waals surface area contributed by atoms with Gasteiger partial charge in [-0.15, -0.1) is 0 Å². The summed E-state index contributed by atoms with van der Waals surface area (Å²) in [5.41, 5.74) is -1.22. The maximum Gasteiger partial charge on any atom is 0.391 e. The Balaban J connectivity index is 3.90. The Kier molecular flexibility index (Phi) is 3.00. The van der Waals surface area contributed by atoms with Crippen LogP contribution in [0.25, 0.3) is 0 Å². The second kappa shape index (κ2) is 3.08. The lowest BCUT2D eigenvalue weighted by atomic mass is 10.5. The number of hydrogen-bond acceptors (Lipinski definition) is 3. The Hall–Kier alpha value is -0.220. The molecule has 9 heavy (non-hydrogen) atoms. The first-order valence-electron chi connectivity index (χ1n) is 2.18. The molecule has 0 aromatic carbocycles. The molecule has 0 aliphatic carbocycles. The van der Waals surface area contributed by atoms with Crippen molar-refractivity contribution in [1.82, 2.24) is 0 Å². The van der Waals surface area contributed by atoms with E-state index in [-0.39, 0.29) is 0 Å². The van der Waals surface area contributed by atoms with Crippen LogP contribution in [0.4, 0.5) is 0 Å². The van der Waals surface area contributed by atoms with Gasteiger partial charge in [0.1, 0.15) is 0 Å². The fourth-order valence-electron chi connectivity index (χ4n) is 0.241. The minimum atomic E-state index is -4.57. The molecule has 0 aromatic heterocycles. The Bertz CT molecular complexity index is 146. The van der Waals surface area contributed by atoms with Crippen molar-refractivity contribution in [3.8, 4) is 0 Å². The largest absolute Gasteiger partial charge is 0.396 e. The highest BCUT2D eigenvalue weighted by Crippen LogP contribution is 2.36. The third-order valence-corrected chi connectivity index (χ3v) is 1.52. The summed E-state index contributed by atoms with van der Waals surface area (Å²) in [5.74, 6) is 0. The summed E-state index contributed by atoms with van der Waals surface area (Å²) in [6, 6.07) is 0. The fourth-order valence-corrected chi connectivity index (χ4v) is 0.633. The zero-order valence-corrected chi connectivity index (χ0v) is 5.41. The molecule has 0 unspecified atom stereocenters. The van der Waals surface area contributed by atoms with Crippen LogP contribution < -0.4 is 0 Å². The first-order chi connectivity index (χ1) is 3.98. The number of aliphatic hydroxyl groups is 1. The van der Waals surface area contributed by atoms with E-state index >= 15 is 0 Å². The molecule has 0 heterocycles. The molecule has 0 saturated heterocycles. The van der Waals surface area contributed by atoms with Gasteiger partial charge < -0.3 is 14.9 Å². The number of rotatable bonds is 3. The molecule has 0 fully saturated rings. The molecule has 0 saturated carbocycles. The van der Waals surface area contributed by atoms with Crippen molar-refractivity contribution in [2.24, 2.45) is 0 Å². The van der Waals surface area contributed by atoms with Crippen LogP contribution in [0.5, 0.6) is 0 Å². The molecule has 0 aliphatic rings. The Morgan fingerprint density at radius 3 is 2.00 bits per heavy atom. The molecule has 0 bridgehead atoms. The maximum absolute atomic E-state index is 10.1. The van der Waals surface area contributed by atoms with Crippen molar-refractivity contribution in [1.29, 1.82) is 0 Å². The smallest absolute Gasteiger partial charge is 0.391 e. The van der Waals surface area contributed by atoms with Gasteiger partial charge in [-0.2, -0.15) is 0 Å². The van der Waals surface area contributed by atoms with Gasteiger partial charge in [-0.05, 0) is 0 Å². The molecule has 54 valence electrons. The first kappa shape index (κ1) is 8.78. The predicted molar refractivity (Wildman–Crippen MR) is 28.8 cm³/mol. The van der Waals surface area contributed by atoms with Gasteiger partial charge in [0.25, 0.3) is 0 Å². The molecule has 0 amide bonds. The lowest BCUT2D eigenvalue weighted by molar-refractivity contribution is -0.114. The Morgan fingerprint density at radius 1 is 1.44 bits per heavy atom. The summed E-state index contributed by atoms with van der Waals surface area (Å²) in [6.45, 7) is -0.524. The molecule has 0 radical (unpaired) electrons. The SMILES string of the molecule is O=C(CCO)P(=O)(O)O. The molecule has 0 rings (SSSR count). The standard InChI is InChI=1S/C3H7O5P/c4-2-1-3(5)9(6,7)8/h4H,1-2H2,(H2,6,7,8). The highest BCUT2D eigenvalue weighted by atomic mass is 31.2. The molecule has 0 aromatic rings. The second-order valence-electron chi connectivity index (χ2n) is 1.41. The van der Waals surface area contributed by atoms with Crippen LogP contribution in [-0.2, 0) is 9.36 Å². The predicted octanol–water partition coefficient (Wildman–Crippen LogP) is -0.927. The zero-order valence-electron chi connectivity index (χ0n) is 4.52. The fraction of sp³-hybridized carbons (Fsp3) is 0.667. The Morgan fingerprint density at radius 2 is 1.89 bits per heavy atom. The van der Waals surface area contributed by atoms with Crippen molar-refractivity contribution >= 4 is 13.1 Å². The molecule has 3 N–H and O–H groups in total. The van der Waals surface area contributed by atoms with Crippen LogP contribution in [0.3, 0.4) is 0 Å². The highest BCUT2D eigenvalue weighted by molar-refractivity contribution is 7.70. The second-order valence-corrected chi connectivity index (χ2v) is 3.00. The molecule has 5 nitrogen and oxygen atoms in total. The highest BCUT2D eigenvalue weighted by Gasteiger charge is 2.23. The third-order valence-electron chi connectivity index (χ3n) is 0.651. The average Bonchev–Trinajstić information content (AvgIpc) is 1.64. The van der Waals surface area contributed by atoms with E-state index in [1.165, 1.54) is 0 Å². The van der Waals surface area contributed by atoms with Crippen LogP contribution >= 0.6 is 7.60 Å². The van der Waals surface area contributed by atoms with Crippen molar-refractivity contribution in [3.63, 3.8) is 0 Å². The van der Waals surface area contributed by atoms with Crippen LogP contribution in [0.2, 0.25) is 0 Å². The molecule has 0 spiro atoms. The normalized spacial score (nSPS) is 11.4. The number of carbonyl (C=O) groups excluding carboxylic acids is 1. The lowest BCUT2D eigenvalue weighted by Crippen LogP contribution is -2.00.